The number of rotatable bonds is 8. The SMILES string of the molecule is CCONCC1C2CC3(C(=O)NC4CCC(CN)CC4)CC1CC(c1ccccc1)(C2)C3. The fraction of sp³-hybridized carbons (Fsp3) is 0.741. The van der Waals surface area contributed by atoms with E-state index in [1.54, 1.807) is 0 Å². The molecule has 5 aliphatic rings. The molecule has 0 spiro atoms. The number of hydrogen-bond acceptors (Lipinski definition) is 4. The zero-order valence-electron chi connectivity index (χ0n) is 19.7. The van der Waals surface area contributed by atoms with Crippen LogP contribution in [0.3, 0.4) is 0 Å². The van der Waals surface area contributed by atoms with Crippen LogP contribution in [-0.2, 0) is 15.0 Å². The molecule has 0 aliphatic heterocycles. The van der Waals surface area contributed by atoms with Crippen LogP contribution >= 0.6 is 0 Å². The van der Waals surface area contributed by atoms with Crippen molar-refractivity contribution in [2.45, 2.75) is 76.2 Å². The molecule has 5 aliphatic carbocycles. The van der Waals surface area contributed by atoms with Gasteiger partial charge in [0.05, 0.1) is 12.0 Å². The Balaban J connectivity index is 1.36. The molecule has 1 aromatic carbocycles. The van der Waals surface area contributed by atoms with Gasteiger partial charge in [-0.1, -0.05) is 30.3 Å². The zero-order chi connectivity index (χ0) is 22.2. The molecule has 0 aromatic heterocycles. The molecule has 4 bridgehead atoms. The molecule has 0 heterocycles. The number of amides is 1. The third-order valence-corrected chi connectivity index (χ3v) is 9.45. The van der Waals surface area contributed by atoms with E-state index in [0.717, 1.165) is 58.0 Å². The first-order valence-corrected chi connectivity index (χ1v) is 13.0. The molecule has 5 fully saturated rings. The number of nitrogens with two attached hydrogens (primary N) is 1. The van der Waals surface area contributed by atoms with Crippen LogP contribution in [0.5, 0.6) is 0 Å². The van der Waals surface area contributed by atoms with Gasteiger partial charge in [-0.25, -0.2) is 5.48 Å². The first kappa shape index (κ1) is 22.4. The maximum Gasteiger partial charge on any atom is 0.226 e. The van der Waals surface area contributed by atoms with E-state index in [-0.39, 0.29) is 10.8 Å². The highest BCUT2D eigenvalue weighted by Gasteiger charge is 2.63. The standard InChI is InChI=1S/C27H41N3O2/c1-2-32-29-17-24-20-12-26(22-6-4-3-5-7-22)13-21(24)15-27(14-20,18-26)25(31)30-23-10-8-19(16-28)9-11-23/h3-7,19-21,23-24,29H,2,8-18,28H2,1H3,(H,30,31). The van der Waals surface area contributed by atoms with E-state index in [4.69, 9.17) is 10.6 Å². The predicted molar refractivity (Wildman–Crippen MR) is 127 cm³/mol. The molecule has 0 saturated heterocycles. The van der Waals surface area contributed by atoms with Crippen LogP contribution in [0.1, 0.15) is 70.3 Å². The molecule has 1 amide bonds. The van der Waals surface area contributed by atoms with Crippen LogP contribution in [0, 0.1) is 29.1 Å². The van der Waals surface area contributed by atoms with Crippen molar-refractivity contribution in [3.63, 3.8) is 0 Å². The monoisotopic (exact) mass is 439 g/mol. The minimum absolute atomic E-state index is 0.157. The molecule has 5 saturated carbocycles. The summed E-state index contributed by atoms with van der Waals surface area (Å²) in [7, 11) is 0. The minimum Gasteiger partial charge on any atom is -0.353 e. The molecular weight excluding hydrogens is 398 g/mol. The van der Waals surface area contributed by atoms with Gasteiger partial charge in [0.2, 0.25) is 5.91 Å². The van der Waals surface area contributed by atoms with Gasteiger partial charge in [0, 0.05) is 12.6 Å². The molecule has 32 heavy (non-hydrogen) atoms. The second-order valence-electron chi connectivity index (χ2n) is 11.3. The summed E-state index contributed by atoms with van der Waals surface area (Å²) < 4.78 is 0. The molecule has 176 valence electrons. The van der Waals surface area contributed by atoms with Crippen molar-refractivity contribution in [3.05, 3.63) is 35.9 Å². The van der Waals surface area contributed by atoms with Crippen molar-refractivity contribution >= 4 is 5.91 Å². The third-order valence-electron chi connectivity index (χ3n) is 9.45. The van der Waals surface area contributed by atoms with Gasteiger partial charge in [0.1, 0.15) is 0 Å². The normalized spacial score (nSPS) is 40.4. The predicted octanol–water partition coefficient (Wildman–Crippen LogP) is 3.93. The first-order valence-electron chi connectivity index (χ1n) is 13.0. The summed E-state index contributed by atoms with van der Waals surface area (Å²) >= 11 is 0. The summed E-state index contributed by atoms with van der Waals surface area (Å²) in [6.07, 6.45) is 10.00. The fourth-order valence-electron chi connectivity index (χ4n) is 8.11. The first-order chi connectivity index (χ1) is 15.6. The lowest BCUT2D eigenvalue weighted by Crippen LogP contribution is -2.63. The van der Waals surface area contributed by atoms with Gasteiger partial charge >= 0.3 is 0 Å². The van der Waals surface area contributed by atoms with E-state index in [1.165, 1.54) is 18.4 Å². The Morgan fingerprint density at radius 1 is 1.06 bits per heavy atom. The Morgan fingerprint density at radius 2 is 1.75 bits per heavy atom. The average molecular weight is 440 g/mol. The topological polar surface area (TPSA) is 76.4 Å². The lowest BCUT2D eigenvalue weighted by molar-refractivity contribution is -0.160. The molecule has 0 radical (unpaired) electrons. The molecule has 4 N–H and O–H groups in total. The summed E-state index contributed by atoms with van der Waals surface area (Å²) in [5.74, 6) is 2.77. The second-order valence-corrected chi connectivity index (χ2v) is 11.3. The van der Waals surface area contributed by atoms with Crippen LogP contribution in [0.4, 0.5) is 0 Å². The van der Waals surface area contributed by atoms with Gasteiger partial charge in [-0.2, -0.15) is 0 Å². The van der Waals surface area contributed by atoms with Gasteiger partial charge in [0.25, 0.3) is 0 Å². The zero-order valence-corrected chi connectivity index (χ0v) is 19.7. The number of nitrogens with one attached hydrogen (secondary N) is 2. The Morgan fingerprint density at radius 3 is 2.38 bits per heavy atom. The van der Waals surface area contributed by atoms with Crippen molar-refractivity contribution in [2.24, 2.45) is 34.8 Å². The molecule has 5 nitrogen and oxygen atoms in total. The molecule has 6 rings (SSSR count). The summed E-state index contributed by atoms with van der Waals surface area (Å²) in [6.45, 7) is 4.41. The van der Waals surface area contributed by atoms with Crippen LogP contribution < -0.4 is 16.5 Å². The van der Waals surface area contributed by atoms with Crippen molar-refractivity contribution in [1.29, 1.82) is 0 Å². The molecule has 2 atom stereocenters. The summed E-state index contributed by atoms with van der Waals surface area (Å²) in [6, 6.07) is 11.4. The van der Waals surface area contributed by atoms with Crippen molar-refractivity contribution < 1.29 is 9.63 Å². The molecule has 1 aromatic rings. The van der Waals surface area contributed by atoms with Crippen LogP contribution in [0.15, 0.2) is 30.3 Å². The summed E-state index contributed by atoms with van der Waals surface area (Å²) in [4.78, 5) is 19.4. The van der Waals surface area contributed by atoms with Crippen LogP contribution in [-0.4, -0.2) is 31.6 Å². The molecule has 2 unspecified atom stereocenters. The Labute approximate surface area is 193 Å². The Kier molecular flexibility index (Phi) is 6.34. The molecule has 5 heteroatoms. The van der Waals surface area contributed by atoms with E-state index in [0.29, 0.717) is 42.2 Å². The average Bonchev–Trinajstić information content (AvgIpc) is 2.81. The maximum atomic E-state index is 13.9. The highest BCUT2D eigenvalue weighted by molar-refractivity contribution is 5.84. The largest absolute Gasteiger partial charge is 0.353 e. The lowest BCUT2D eigenvalue weighted by Gasteiger charge is -2.64. The van der Waals surface area contributed by atoms with Crippen molar-refractivity contribution in [1.82, 2.24) is 10.8 Å². The maximum absolute atomic E-state index is 13.9. The number of hydroxylamine groups is 1. The molecular formula is C27H41N3O2. The number of carbonyl (C=O) groups is 1. The van der Waals surface area contributed by atoms with Gasteiger partial charge in [-0.05, 0) is 106 Å². The van der Waals surface area contributed by atoms with Crippen LogP contribution in [0.25, 0.3) is 0 Å². The fourth-order valence-corrected chi connectivity index (χ4v) is 8.11. The lowest BCUT2D eigenvalue weighted by atomic mass is 9.40. The number of carbonyl (C=O) groups excluding carboxylic acids is 1. The van der Waals surface area contributed by atoms with E-state index >= 15 is 0 Å². The smallest absolute Gasteiger partial charge is 0.226 e. The van der Waals surface area contributed by atoms with E-state index in [1.807, 2.05) is 6.92 Å². The van der Waals surface area contributed by atoms with Crippen molar-refractivity contribution in [3.8, 4) is 0 Å². The van der Waals surface area contributed by atoms with Gasteiger partial charge in [0.15, 0.2) is 0 Å². The highest BCUT2D eigenvalue weighted by Crippen LogP contribution is 2.67. The summed E-state index contributed by atoms with van der Waals surface area (Å²) in [5, 5.41) is 3.54. The Bertz CT molecular complexity index is 773. The number of benzene rings is 1. The Hall–Kier alpha value is -1.43. The number of hydrogen-bond donors (Lipinski definition) is 3. The quantitative estimate of drug-likeness (QED) is 0.424. The second kappa shape index (κ2) is 9.08. The van der Waals surface area contributed by atoms with E-state index in [9.17, 15) is 4.79 Å². The summed E-state index contributed by atoms with van der Waals surface area (Å²) in [5.41, 5.74) is 10.5. The van der Waals surface area contributed by atoms with Gasteiger partial charge in [-0.15, -0.1) is 0 Å². The minimum atomic E-state index is -0.200. The highest BCUT2D eigenvalue weighted by atomic mass is 16.6. The van der Waals surface area contributed by atoms with E-state index in [2.05, 4.69) is 41.1 Å². The third kappa shape index (κ3) is 4.01. The van der Waals surface area contributed by atoms with Gasteiger partial charge < -0.3 is 15.9 Å². The van der Waals surface area contributed by atoms with Crippen molar-refractivity contribution in [2.75, 3.05) is 19.7 Å². The van der Waals surface area contributed by atoms with E-state index < -0.39 is 0 Å². The van der Waals surface area contributed by atoms with Crippen LogP contribution in [0.2, 0.25) is 0 Å². The van der Waals surface area contributed by atoms with Gasteiger partial charge in [-0.3, -0.25) is 4.79 Å².